The molecule has 1 fully saturated rings. The van der Waals surface area contributed by atoms with Crippen molar-refractivity contribution in [3.05, 3.63) is 179 Å². The van der Waals surface area contributed by atoms with Gasteiger partial charge in [0.05, 0.1) is 39.2 Å². The molecule has 1 saturated carbocycles. The molecule has 1 N–H and O–H groups in total. The summed E-state index contributed by atoms with van der Waals surface area (Å²) in [5, 5.41) is 0. The minimum atomic E-state index is -4.67. The van der Waals surface area contributed by atoms with Crippen LogP contribution in [0.25, 0.3) is 0 Å². The van der Waals surface area contributed by atoms with Crippen molar-refractivity contribution in [1.82, 2.24) is 0 Å². The summed E-state index contributed by atoms with van der Waals surface area (Å²) < 4.78 is 68.0. The number of rotatable bonds is 35. The van der Waals surface area contributed by atoms with Gasteiger partial charge in [-0.3, -0.25) is 18.7 Å². The molecule has 4 unspecified atom stereocenters. The summed E-state index contributed by atoms with van der Waals surface area (Å²) in [5.74, 6) is -0.859. The van der Waals surface area contributed by atoms with Crippen LogP contribution in [0.15, 0.2) is 152 Å². The van der Waals surface area contributed by atoms with Gasteiger partial charge < -0.3 is 38.1 Å². The Morgan fingerprint density at radius 3 is 1.09 bits per heavy atom. The lowest BCUT2D eigenvalue weighted by molar-refractivity contribution is -0.279. The van der Waals surface area contributed by atoms with Gasteiger partial charge in [0, 0.05) is 12.8 Å². The lowest BCUT2D eigenvalue weighted by Gasteiger charge is -2.50. The van der Waals surface area contributed by atoms with E-state index in [2.05, 4.69) is 13.8 Å². The summed E-state index contributed by atoms with van der Waals surface area (Å²) >= 11 is 0. The molecular formula is C61H79O12P. The monoisotopic (exact) mass is 1030 g/mol. The van der Waals surface area contributed by atoms with E-state index in [0.29, 0.717) is 12.8 Å². The van der Waals surface area contributed by atoms with Crippen LogP contribution in [0.5, 0.6) is 0 Å². The third-order valence-electron chi connectivity index (χ3n) is 13.1. The number of hydrogen-bond acceptors (Lipinski definition) is 11. The molecule has 5 aromatic rings. The van der Waals surface area contributed by atoms with E-state index in [1.165, 1.54) is 0 Å². The zero-order valence-corrected chi connectivity index (χ0v) is 44.4. The molecule has 0 aromatic heterocycles. The fraction of sp³-hybridized carbons (Fsp3) is 0.475. The van der Waals surface area contributed by atoms with E-state index in [-0.39, 0.29) is 58.9 Å². The van der Waals surface area contributed by atoms with E-state index in [4.69, 9.17) is 37.7 Å². The van der Waals surface area contributed by atoms with Gasteiger partial charge in [0.25, 0.3) is 0 Å². The Kier molecular flexibility index (Phi) is 26.1. The molecule has 1 aliphatic rings. The molecule has 74 heavy (non-hydrogen) atoms. The molecule has 0 spiro atoms. The SMILES string of the molecule is CCCCCCCC(=O)OCC(CCP(=O)(O)OC1[C@@H](OCc2ccccc2)[C@H](OCc2ccccc2)C(OCc2ccccc2)[C@H](OCc2ccccc2)[C@@H]1OCc1ccccc1)OC(=O)CCCCCCC. The fourth-order valence-electron chi connectivity index (χ4n) is 9.00. The number of carbonyl (C=O) groups excluding carboxylic acids is 2. The molecule has 400 valence electrons. The molecule has 0 heterocycles. The average molecular weight is 1040 g/mol. The molecule has 0 saturated heterocycles. The predicted octanol–water partition coefficient (Wildman–Crippen LogP) is 13.1. The first-order valence-electron chi connectivity index (χ1n) is 26.8. The normalized spacial score (nSPS) is 19.8. The van der Waals surface area contributed by atoms with Crippen LogP contribution in [0.3, 0.4) is 0 Å². The zero-order valence-electron chi connectivity index (χ0n) is 43.5. The lowest BCUT2D eigenvalue weighted by Crippen LogP contribution is -2.67. The van der Waals surface area contributed by atoms with Crippen LogP contribution in [0, 0.1) is 0 Å². The van der Waals surface area contributed by atoms with Gasteiger partial charge in [0.1, 0.15) is 49.3 Å². The van der Waals surface area contributed by atoms with E-state index < -0.39 is 68.4 Å². The highest BCUT2D eigenvalue weighted by molar-refractivity contribution is 7.52. The number of benzene rings is 5. The van der Waals surface area contributed by atoms with Crippen LogP contribution in [-0.2, 0) is 84.9 Å². The van der Waals surface area contributed by atoms with Gasteiger partial charge in [0.2, 0.25) is 0 Å². The average Bonchev–Trinajstić information content (AvgIpc) is 3.42. The Bertz CT molecular complexity index is 2230. The van der Waals surface area contributed by atoms with Crippen molar-refractivity contribution in [2.75, 3.05) is 12.8 Å². The summed E-state index contributed by atoms with van der Waals surface area (Å²) in [7, 11) is -4.67. The Labute approximate surface area is 439 Å². The van der Waals surface area contributed by atoms with Crippen molar-refractivity contribution in [2.24, 2.45) is 0 Å². The number of ether oxygens (including phenoxy) is 7. The molecule has 8 atom stereocenters. The van der Waals surface area contributed by atoms with Crippen LogP contribution in [0.4, 0.5) is 0 Å². The highest BCUT2D eigenvalue weighted by atomic mass is 31.2. The molecule has 1 aliphatic carbocycles. The molecule has 6 rings (SSSR count). The topological polar surface area (TPSA) is 145 Å². The molecule has 12 nitrogen and oxygen atoms in total. The molecule has 0 radical (unpaired) electrons. The Hall–Kier alpha value is -5.01. The Balaban J connectivity index is 1.36. The van der Waals surface area contributed by atoms with Crippen LogP contribution in [-0.4, -0.2) is 72.3 Å². The van der Waals surface area contributed by atoms with Crippen LogP contribution < -0.4 is 0 Å². The third-order valence-corrected chi connectivity index (χ3v) is 14.5. The van der Waals surface area contributed by atoms with E-state index in [9.17, 15) is 19.0 Å². The van der Waals surface area contributed by atoms with Crippen molar-refractivity contribution in [3.63, 3.8) is 0 Å². The summed E-state index contributed by atoms with van der Waals surface area (Å²) in [5.41, 5.74) is 4.42. The lowest BCUT2D eigenvalue weighted by atomic mass is 9.83. The van der Waals surface area contributed by atoms with Crippen molar-refractivity contribution in [1.29, 1.82) is 0 Å². The molecule has 5 aromatic carbocycles. The van der Waals surface area contributed by atoms with Gasteiger partial charge in [-0.1, -0.05) is 217 Å². The first kappa shape index (κ1) is 58.3. The summed E-state index contributed by atoms with van der Waals surface area (Å²) in [6.07, 6.45) is 2.19. The largest absolute Gasteiger partial charge is 0.462 e. The zero-order chi connectivity index (χ0) is 52.1. The van der Waals surface area contributed by atoms with Gasteiger partial charge in [-0.05, 0) is 47.1 Å². The number of unbranched alkanes of at least 4 members (excludes halogenated alkanes) is 8. The number of carbonyl (C=O) groups is 2. The first-order valence-corrected chi connectivity index (χ1v) is 28.6. The second-order valence-corrected chi connectivity index (χ2v) is 21.1. The van der Waals surface area contributed by atoms with E-state index in [1.54, 1.807) is 0 Å². The minimum Gasteiger partial charge on any atom is -0.462 e. The summed E-state index contributed by atoms with van der Waals surface area (Å²) in [6, 6.07) is 48.6. The molecular weight excluding hydrogens is 956 g/mol. The van der Waals surface area contributed by atoms with Crippen molar-refractivity contribution in [2.45, 2.75) is 173 Å². The first-order chi connectivity index (χ1) is 36.2. The van der Waals surface area contributed by atoms with E-state index in [1.807, 2.05) is 152 Å². The van der Waals surface area contributed by atoms with Crippen LogP contribution >= 0.6 is 7.60 Å². The van der Waals surface area contributed by atoms with Crippen LogP contribution in [0.2, 0.25) is 0 Å². The van der Waals surface area contributed by atoms with Gasteiger partial charge >= 0.3 is 19.5 Å². The minimum absolute atomic E-state index is 0.0963. The highest BCUT2D eigenvalue weighted by Gasteiger charge is 2.56. The Morgan fingerprint density at radius 2 is 0.757 bits per heavy atom. The van der Waals surface area contributed by atoms with E-state index in [0.717, 1.165) is 79.2 Å². The number of hydrogen-bond donors (Lipinski definition) is 1. The Morgan fingerprint density at radius 1 is 0.446 bits per heavy atom. The van der Waals surface area contributed by atoms with Crippen molar-refractivity contribution >= 4 is 19.5 Å². The third kappa shape index (κ3) is 21.0. The van der Waals surface area contributed by atoms with Gasteiger partial charge in [-0.2, -0.15) is 0 Å². The molecule has 0 bridgehead atoms. The summed E-state index contributed by atoms with van der Waals surface area (Å²) in [4.78, 5) is 38.4. The molecule has 13 heteroatoms. The fourth-order valence-corrected chi connectivity index (χ4v) is 10.3. The maximum atomic E-state index is 15.0. The van der Waals surface area contributed by atoms with Gasteiger partial charge in [0.15, 0.2) is 0 Å². The quantitative estimate of drug-likeness (QED) is 0.0234. The smallest absolute Gasteiger partial charge is 0.328 e. The maximum Gasteiger partial charge on any atom is 0.328 e. The van der Waals surface area contributed by atoms with Gasteiger partial charge in [-0.15, -0.1) is 0 Å². The van der Waals surface area contributed by atoms with Gasteiger partial charge in [-0.25, -0.2) is 0 Å². The summed E-state index contributed by atoms with van der Waals surface area (Å²) in [6.45, 7) is 4.69. The standard InChI is InChI=1S/C61H79O12P/c1-3-5-7-9-26-38-54(62)66-47-53(72-55(63)39-27-10-8-6-4-2)40-41-74(64,65)73-61-59(70-45-51-34-22-14-23-35-51)57(68-43-49-30-18-12-19-31-49)56(67-42-48-28-16-11-17-29-48)58(69-44-50-32-20-13-21-33-50)60(61)71-46-52-36-24-15-25-37-52/h11-25,28-37,53,56-61H,3-10,26-27,38-47H2,1-2H3,(H,64,65)/t53?,56?,57-,58+,59-,60-,61?/m0/s1. The molecule has 0 amide bonds. The molecule has 0 aliphatic heterocycles. The second-order valence-electron chi connectivity index (χ2n) is 19.1. The van der Waals surface area contributed by atoms with Crippen LogP contribution in [0.1, 0.15) is 125 Å². The predicted molar refractivity (Wildman–Crippen MR) is 287 cm³/mol. The van der Waals surface area contributed by atoms with Crippen molar-refractivity contribution < 1.29 is 56.7 Å². The van der Waals surface area contributed by atoms with E-state index >= 15 is 0 Å². The maximum absolute atomic E-state index is 15.0. The second kappa shape index (κ2) is 33.1. The highest BCUT2D eigenvalue weighted by Crippen LogP contribution is 2.49. The number of esters is 2. The van der Waals surface area contributed by atoms with Crippen molar-refractivity contribution in [3.8, 4) is 0 Å².